The molecule has 0 atom stereocenters. The molecule has 3 rings (SSSR count). The van der Waals surface area contributed by atoms with Gasteiger partial charge in [-0.1, -0.05) is 28.1 Å². The Bertz CT molecular complexity index is 991. The molecule has 0 radical (unpaired) electrons. The SMILES string of the molecule is COc1ccc(OCC(=O)OCC(=O)Nc2nc(-c3cccc(Br)c3)cs2)cc1. The molecular formula is C20H17BrN2O5S. The third kappa shape index (κ3) is 6.30. The number of esters is 1. The maximum absolute atomic E-state index is 12.0. The number of methoxy groups -OCH3 is 1. The van der Waals surface area contributed by atoms with E-state index in [4.69, 9.17) is 14.2 Å². The Morgan fingerprint density at radius 3 is 2.59 bits per heavy atom. The lowest BCUT2D eigenvalue weighted by Gasteiger charge is -2.07. The highest BCUT2D eigenvalue weighted by Crippen LogP contribution is 2.26. The number of rotatable bonds is 8. The average molecular weight is 477 g/mol. The van der Waals surface area contributed by atoms with Crippen LogP contribution in [0.3, 0.4) is 0 Å². The van der Waals surface area contributed by atoms with Crippen molar-refractivity contribution in [3.05, 3.63) is 58.4 Å². The lowest BCUT2D eigenvalue weighted by atomic mass is 10.2. The number of thiazole rings is 1. The summed E-state index contributed by atoms with van der Waals surface area (Å²) in [5, 5.41) is 4.88. The van der Waals surface area contributed by atoms with Crippen LogP contribution in [0.4, 0.5) is 5.13 Å². The summed E-state index contributed by atoms with van der Waals surface area (Å²) in [6.07, 6.45) is 0. The normalized spacial score (nSPS) is 10.3. The van der Waals surface area contributed by atoms with E-state index in [-0.39, 0.29) is 6.61 Å². The molecule has 1 amide bonds. The maximum Gasteiger partial charge on any atom is 0.344 e. The zero-order valence-corrected chi connectivity index (χ0v) is 17.8. The van der Waals surface area contributed by atoms with Gasteiger partial charge >= 0.3 is 5.97 Å². The van der Waals surface area contributed by atoms with E-state index in [1.165, 1.54) is 11.3 Å². The Balaban J connectivity index is 1.43. The highest BCUT2D eigenvalue weighted by molar-refractivity contribution is 9.10. The second-order valence-corrected chi connectivity index (χ2v) is 7.50. The number of carbonyl (C=O) groups is 2. The minimum atomic E-state index is -0.648. The van der Waals surface area contributed by atoms with Gasteiger partial charge in [-0.25, -0.2) is 9.78 Å². The van der Waals surface area contributed by atoms with Crippen LogP contribution in [0.1, 0.15) is 0 Å². The molecule has 9 heteroatoms. The van der Waals surface area contributed by atoms with Crippen molar-refractivity contribution >= 4 is 44.3 Å². The van der Waals surface area contributed by atoms with E-state index < -0.39 is 18.5 Å². The molecule has 7 nitrogen and oxygen atoms in total. The van der Waals surface area contributed by atoms with Crippen molar-refractivity contribution in [2.75, 3.05) is 25.6 Å². The molecule has 1 heterocycles. The van der Waals surface area contributed by atoms with Gasteiger partial charge in [0.1, 0.15) is 11.5 Å². The van der Waals surface area contributed by atoms with Crippen LogP contribution in [0, 0.1) is 0 Å². The lowest BCUT2D eigenvalue weighted by Crippen LogP contribution is -2.23. The predicted molar refractivity (Wildman–Crippen MR) is 113 cm³/mol. The van der Waals surface area contributed by atoms with Gasteiger partial charge in [-0.05, 0) is 36.4 Å². The number of benzene rings is 2. The monoisotopic (exact) mass is 476 g/mol. The van der Waals surface area contributed by atoms with Crippen molar-refractivity contribution in [3.8, 4) is 22.8 Å². The second kappa shape index (κ2) is 10.0. The molecule has 29 heavy (non-hydrogen) atoms. The van der Waals surface area contributed by atoms with Gasteiger partial charge < -0.3 is 14.2 Å². The number of nitrogens with zero attached hydrogens (tertiary/aromatic N) is 1. The summed E-state index contributed by atoms with van der Waals surface area (Å²) >= 11 is 4.71. The van der Waals surface area contributed by atoms with Crippen LogP contribution < -0.4 is 14.8 Å². The van der Waals surface area contributed by atoms with Gasteiger partial charge in [0, 0.05) is 15.4 Å². The van der Waals surface area contributed by atoms with E-state index in [0.29, 0.717) is 16.6 Å². The van der Waals surface area contributed by atoms with E-state index in [9.17, 15) is 9.59 Å². The number of carbonyl (C=O) groups excluding carboxylic acids is 2. The molecular weight excluding hydrogens is 460 g/mol. The largest absolute Gasteiger partial charge is 0.497 e. The minimum absolute atomic E-state index is 0.302. The van der Waals surface area contributed by atoms with Gasteiger partial charge in [0.05, 0.1) is 12.8 Å². The van der Waals surface area contributed by atoms with Crippen molar-refractivity contribution in [2.45, 2.75) is 0 Å². The highest BCUT2D eigenvalue weighted by Gasteiger charge is 2.11. The lowest BCUT2D eigenvalue weighted by molar-refractivity contribution is -0.149. The Morgan fingerprint density at radius 2 is 1.86 bits per heavy atom. The molecule has 0 bridgehead atoms. The fraction of sp³-hybridized carbons (Fsp3) is 0.150. The Kier molecular flexibility index (Phi) is 7.20. The van der Waals surface area contributed by atoms with E-state index in [0.717, 1.165) is 15.7 Å². The number of nitrogens with one attached hydrogen (secondary N) is 1. The van der Waals surface area contributed by atoms with Crippen LogP contribution in [-0.2, 0) is 14.3 Å². The molecule has 0 aliphatic heterocycles. The smallest absolute Gasteiger partial charge is 0.344 e. The summed E-state index contributed by atoms with van der Waals surface area (Å²) in [5.41, 5.74) is 1.68. The number of halogens is 1. The zero-order valence-electron chi connectivity index (χ0n) is 15.4. The number of aromatic nitrogens is 1. The first-order valence-electron chi connectivity index (χ1n) is 8.47. The molecule has 1 N–H and O–H groups in total. The van der Waals surface area contributed by atoms with Gasteiger partial charge in [0.15, 0.2) is 18.3 Å². The van der Waals surface area contributed by atoms with Gasteiger partial charge in [-0.2, -0.15) is 0 Å². The average Bonchev–Trinajstić information content (AvgIpc) is 3.19. The van der Waals surface area contributed by atoms with Crippen molar-refractivity contribution in [1.29, 1.82) is 0 Å². The Labute approximate surface area is 179 Å². The molecule has 0 aliphatic carbocycles. The minimum Gasteiger partial charge on any atom is -0.497 e. The van der Waals surface area contributed by atoms with Crippen LogP contribution in [0.2, 0.25) is 0 Å². The van der Waals surface area contributed by atoms with Gasteiger partial charge in [0.25, 0.3) is 5.91 Å². The van der Waals surface area contributed by atoms with Gasteiger partial charge in [-0.15, -0.1) is 11.3 Å². The van der Waals surface area contributed by atoms with Crippen molar-refractivity contribution in [3.63, 3.8) is 0 Å². The number of amides is 1. The van der Waals surface area contributed by atoms with Gasteiger partial charge in [-0.3, -0.25) is 10.1 Å². The maximum atomic E-state index is 12.0. The van der Waals surface area contributed by atoms with Gasteiger partial charge in [0.2, 0.25) is 0 Å². The molecule has 0 saturated heterocycles. The van der Waals surface area contributed by atoms with E-state index >= 15 is 0 Å². The number of ether oxygens (including phenoxy) is 3. The highest BCUT2D eigenvalue weighted by atomic mass is 79.9. The quantitative estimate of drug-likeness (QED) is 0.491. The van der Waals surface area contributed by atoms with Crippen LogP contribution in [0.15, 0.2) is 58.4 Å². The first kappa shape index (κ1) is 20.8. The summed E-state index contributed by atoms with van der Waals surface area (Å²) in [4.78, 5) is 28.1. The molecule has 2 aromatic carbocycles. The van der Waals surface area contributed by atoms with Crippen LogP contribution >= 0.6 is 27.3 Å². The van der Waals surface area contributed by atoms with Crippen LogP contribution in [0.5, 0.6) is 11.5 Å². The van der Waals surface area contributed by atoms with E-state index in [1.807, 2.05) is 29.6 Å². The first-order chi connectivity index (χ1) is 14.0. The van der Waals surface area contributed by atoms with E-state index in [1.54, 1.807) is 31.4 Å². The molecule has 150 valence electrons. The third-order valence-electron chi connectivity index (χ3n) is 3.65. The molecule has 3 aromatic rings. The molecule has 1 aromatic heterocycles. The molecule has 0 unspecified atom stereocenters. The standard InChI is InChI=1S/C20H17BrN2O5S/c1-26-15-5-7-16(8-6-15)27-11-19(25)28-10-18(24)23-20-22-17(12-29-20)13-3-2-4-14(21)9-13/h2-9,12H,10-11H2,1H3,(H,22,23,24). The predicted octanol–water partition coefficient (Wildman–Crippen LogP) is 4.14. The Hall–Kier alpha value is -2.91. The second-order valence-electron chi connectivity index (χ2n) is 5.72. The molecule has 0 spiro atoms. The fourth-order valence-electron chi connectivity index (χ4n) is 2.27. The summed E-state index contributed by atoms with van der Waals surface area (Å²) in [5.74, 6) is 0.0553. The van der Waals surface area contributed by atoms with Crippen LogP contribution in [-0.4, -0.2) is 37.2 Å². The zero-order chi connectivity index (χ0) is 20.6. The summed E-state index contributed by atoms with van der Waals surface area (Å²) in [6, 6.07) is 14.5. The fourth-order valence-corrected chi connectivity index (χ4v) is 3.40. The van der Waals surface area contributed by atoms with Crippen molar-refractivity contribution in [2.24, 2.45) is 0 Å². The Morgan fingerprint density at radius 1 is 1.10 bits per heavy atom. The van der Waals surface area contributed by atoms with Crippen molar-refractivity contribution in [1.82, 2.24) is 4.98 Å². The summed E-state index contributed by atoms with van der Waals surface area (Å²) < 4.78 is 16.2. The number of hydrogen-bond acceptors (Lipinski definition) is 7. The van der Waals surface area contributed by atoms with Crippen molar-refractivity contribution < 1.29 is 23.8 Å². The first-order valence-corrected chi connectivity index (χ1v) is 10.1. The van der Waals surface area contributed by atoms with E-state index in [2.05, 4.69) is 26.2 Å². The van der Waals surface area contributed by atoms with Crippen LogP contribution in [0.25, 0.3) is 11.3 Å². The summed E-state index contributed by atoms with van der Waals surface area (Å²) in [6.45, 7) is -0.722. The third-order valence-corrected chi connectivity index (χ3v) is 4.90. The molecule has 0 aliphatic rings. The molecule has 0 saturated carbocycles. The topological polar surface area (TPSA) is 86.8 Å². The summed E-state index contributed by atoms with van der Waals surface area (Å²) in [7, 11) is 1.56. The molecule has 0 fully saturated rings. The number of anilines is 1. The number of hydrogen-bond donors (Lipinski definition) is 1.